The number of hydrogen-bond acceptors (Lipinski definition) is 4. The lowest BCUT2D eigenvalue weighted by Gasteiger charge is -2.19. The van der Waals surface area contributed by atoms with Crippen LogP contribution in [0.1, 0.15) is 29.5 Å². The molecule has 0 radical (unpaired) electrons. The molecule has 5 heteroatoms. The van der Waals surface area contributed by atoms with Gasteiger partial charge in [0.05, 0.1) is 11.4 Å². The van der Waals surface area contributed by atoms with Gasteiger partial charge in [-0.15, -0.1) is 11.3 Å². The first-order chi connectivity index (χ1) is 9.15. The number of hydrogen-bond donors (Lipinski definition) is 2. The van der Waals surface area contributed by atoms with E-state index in [-0.39, 0.29) is 19.1 Å². The minimum Gasteiger partial charge on any atom is -0.384 e. The van der Waals surface area contributed by atoms with E-state index in [9.17, 15) is 4.79 Å². The van der Waals surface area contributed by atoms with Crippen molar-refractivity contribution in [2.75, 3.05) is 19.7 Å². The lowest BCUT2D eigenvalue weighted by Crippen LogP contribution is -2.33. The zero-order valence-corrected chi connectivity index (χ0v) is 12.0. The molecule has 1 amide bonds. The van der Waals surface area contributed by atoms with E-state index in [1.807, 2.05) is 12.1 Å². The molecule has 0 bridgehead atoms. The van der Waals surface area contributed by atoms with Crippen molar-refractivity contribution >= 4 is 17.2 Å². The van der Waals surface area contributed by atoms with Crippen LogP contribution in [-0.2, 0) is 11.3 Å². The molecule has 1 heterocycles. The van der Waals surface area contributed by atoms with E-state index in [4.69, 9.17) is 10.8 Å². The van der Waals surface area contributed by atoms with Gasteiger partial charge in [-0.2, -0.15) is 0 Å². The van der Waals surface area contributed by atoms with Gasteiger partial charge in [0.2, 0.25) is 5.91 Å². The summed E-state index contributed by atoms with van der Waals surface area (Å²) in [4.78, 5) is 15.2. The second kappa shape index (κ2) is 8.70. The fourth-order valence-corrected chi connectivity index (χ4v) is 2.62. The van der Waals surface area contributed by atoms with E-state index < -0.39 is 0 Å². The molecule has 1 aromatic rings. The topological polar surface area (TPSA) is 66.6 Å². The SMILES string of the molecule is CCCCN(CC(N)=O)Cc1ccc(C#CCO)s1. The molecule has 0 atom stereocenters. The summed E-state index contributed by atoms with van der Waals surface area (Å²) in [6, 6.07) is 3.94. The highest BCUT2D eigenvalue weighted by Crippen LogP contribution is 2.17. The fraction of sp³-hybridized carbons (Fsp3) is 0.500. The molecule has 0 saturated carbocycles. The van der Waals surface area contributed by atoms with Crippen LogP contribution in [-0.4, -0.2) is 35.6 Å². The quantitative estimate of drug-likeness (QED) is 0.737. The lowest BCUT2D eigenvalue weighted by molar-refractivity contribution is -0.119. The summed E-state index contributed by atoms with van der Waals surface area (Å²) in [6.07, 6.45) is 2.14. The molecule has 19 heavy (non-hydrogen) atoms. The maximum Gasteiger partial charge on any atom is 0.231 e. The van der Waals surface area contributed by atoms with Crippen LogP contribution < -0.4 is 5.73 Å². The predicted molar refractivity (Wildman–Crippen MR) is 77.7 cm³/mol. The van der Waals surface area contributed by atoms with Crippen LogP contribution in [0.5, 0.6) is 0 Å². The Bertz CT molecular complexity index is 460. The Hall–Kier alpha value is -1.35. The van der Waals surface area contributed by atoms with Crippen molar-refractivity contribution in [1.82, 2.24) is 4.90 Å². The van der Waals surface area contributed by atoms with Crippen molar-refractivity contribution in [3.05, 3.63) is 21.9 Å². The van der Waals surface area contributed by atoms with E-state index in [2.05, 4.69) is 23.7 Å². The molecule has 104 valence electrons. The Labute approximate surface area is 118 Å². The Morgan fingerprint density at radius 1 is 1.53 bits per heavy atom. The van der Waals surface area contributed by atoms with Crippen LogP contribution in [0.2, 0.25) is 0 Å². The van der Waals surface area contributed by atoms with E-state index >= 15 is 0 Å². The average Bonchev–Trinajstić information content (AvgIpc) is 2.80. The third-order valence-corrected chi connectivity index (χ3v) is 3.52. The van der Waals surface area contributed by atoms with Crippen LogP contribution in [0.25, 0.3) is 0 Å². The third kappa shape index (κ3) is 6.39. The van der Waals surface area contributed by atoms with Gasteiger partial charge in [0.1, 0.15) is 6.61 Å². The van der Waals surface area contributed by atoms with Crippen molar-refractivity contribution in [3.63, 3.8) is 0 Å². The monoisotopic (exact) mass is 280 g/mol. The molecule has 4 nitrogen and oxygen atoms in total. The number of primary amides is 1. The largest absolute Gasteiger partial charge is 0.384 e. The molecule has 0 fully saturated rings. The normalized spacial score (nSPS) is 10.3. The maximum atomic E-state index is 11.0. The number of carbonyl (C=O) groups excluding carboxylic acids is 1. The second-order valence-corrected chi connectivity index (χ2v) is 5.42. The number of carbonyl (C=O) groups is 1. The van der Waals surface area contributed by atoms with Gasteiger partial charge < -0.3 is 10.8 Å². The Kier molecular flexibility index (Phi) is 7.19. The first-order valence-corrected chi connectivity index (χ1v) is 7.16. The molecule has 0 saturated heterocycles. The molecule has 0 unspecified atom stereocenters. The molecule has 1 rings (SSSR count). The van der Waals surface area contributed by atoms with Gasteiger partial charge in [-0.3, -0.25) is 9.69 Å². The van der Waals surface area contributed by atoms with Gasteiger partial charge in [0, 0.05) is 11.4 Å². The number of aliphatic hydroxyl groups excluding tert-OH is 1. The first-order valence-electron chi connectivity index (χ1n) is 6.34. The number of nitrogens with two attached hydrogens (primary N) is 1. The number of aliphatic hydroxyl groups is 1. The smallest absolute Gasteiger partial charge is 0.231 e. The number of amides is 1. The summed E-state index contributed by atoms with van der Waals surface area (Å²) in [5, 5.41) is 8.65. The lowest BCUT2D eigenvalue weighted by atomic mass is 10.3. The zero-order valence-electron chi connectivity index (χ0n) is 11.2. The van der Waals surface area contributed by atoms with Crippen LogP contribution in [0.15, 0.2) is 12.1 Å². The molecular formula is C14H20N2O2S. The van der Waals surface area contributed by atoms with Crippen LogP contribution in [0, 0.1) is 11.8 Å². The number of nitrogens with zero attached hydrogens (tertiary/aromatic N) is 1. The zero-order chi connectivity index (χ0) is 14.1. The summed E-state index contributed by atoms with van der Waals surface area (Å²) in [6.45, 7) is 3.87. The highest BCUT2D eigenvalue weighted by Gasteiger charge is 2.10. The molecule has 0 aliphatic rings. The highest BCUT2D eigenvalue weighted by molar-refractivity contribution is 7.12. The third-order valence-electron chi connectivity index (χ3n) is 2.54. The van der Waals surface area contributed by atoms with Crippen molar-refractivity contribution in [2.45, 2.75) is 26.3 Å². The van der Waals surface area contributed by atoms with Crippen LogP contribution in [0.3, 0.4) is 0 Å². The first kappa shape index (κ1) is 15.7. The molecule has 3 N–H and O–H groups in total. The standard InChI is InChI=1S/C14H20N2O2S/c1-2-3-8-16(11-14(15)18)10-13-7-6-12(19-13)5-4-9-17/h6-7,17H,2-3,8-11H2,1H3,(H2,15,18). The van der Waals surface area contributed by atoms with Crippen molar-refractivity contribution in [1.29, 1.82) is 0 Å². The van der Waals surface area contributed by atoms with Gasteiger partial charge in [-0.25, -0.2) is 0 Å². The summed E-state index contributed by atoms with van der Waals surface area (Å²) >= 11 is 1.58. The van der Waals surface area contributed by atoms with E-state index in [0.717, 1.165) is 29.1 Å². The highest BCUT2D eigenvalue weighted by atomic mass is 32.1. The van der Waals surface area contributed by atoms with Crippen molar-refractivity contribution in [3.8, 4) is 11.8 Å². The predicted octanol–water partition coefficient (Wildman–Crippen LogP) is 1.18. The molecule has 0 spiro atoms. The van der Waals surface area contributed by atoms with Crippen LogP contribution in [0.4, 0.5) is 0 Å². The average molecular weight is 280 g/mol. The Balaban J connectivity index is 2.61. The fourth-order valence-electron chi connectivity index (χ4n) is 1.69. The Morgan fingerprint density at radius 3 is 2.95 bits per heavy atom. The number of unbranched alkanes of at least 4 members (excludes halogenated alkanes) is 1. The molecule has 0 aromatic carbocycles. The van der Waals surface area contributed by atoms with Gasteiger partial charge >= 0.3 is 0 Å². The summed E-state index contributed by atoms with van der Waals surface area (Å²) in [5.74, 6) is 5.21. The number of thiophene rings is 1. The van der Waals surface area contributed by atoms with Crippen molar-refractivity contribution in [2.24, 2.45) is 5.73 Å². The molecular weight excluding hydrogens is 260 g/mol. The van der Waals surface area contributed by atoms with Gasteiger partial charge in [0.15, 0.2) is 0 Å². The molecule has 0 aliphatic carbocycles. The summed E-state index contributed by atoms with van der Waals surface area (Å²) in [5.41, 5.74) is 5.26. The molecule has 1 aromatic heterocycles. The van der Waals surface area contributed by atoms with E-state index in [0.29, 0.717) is 6.54 Å². The summed E-state index contributed by atoms with van der Waals surface area (Å²) < 4.78 is 0. The second-order valence-electron chi connectivity index (χ2n) is 4.26. The minimum atomic E-state index is -0.298. The molecule has 0 aliphatic heterocycles. The van der Waals surface area contributed by atoms with Gasteiger partial charge in [0.25, 0.3) is 0 Å². The van der Waals surface area contributed by atoms with E-state index in [1.165, 1.54) is 0 Å². The van der Waals surface area contributed by atoms with Crippen LogP contribution >= 0.6 is 11.3 Å². The minimum absolute atomic E-state index is 0.127. The van der Waals surface area contributed by atoms with E-state index in [1.54, 1.807) is 11.3 Å². The Morgan fingerprint density at radius 2 is 2.32 bits per heavy atom. The summed E-state index contributed by atoms with van der Waals surface area (Å²) in [7, 11) is 0. The maximum absolute atomic E-state index is 11.0. The van der Waals surface area contributed by atoms with Gasteiger partial charge in [-0.1, -0.05) is 25.2 Å². The van der Waals surface area contributed by atoms with Gasteiger partial charge in [-0.05, 0) is 25.1 Å². The van der Waals surface area contributed by atoms with Crippen molar-refractivity contribution < 1.29 is 9.90 Å². The number of rotatable bonds is 7.